The van der Waals surface area contributed by atoms with Gasteiger partial charge in [0.2, 0.25) is 0 Å². The average Bonchev–Trinajstić information content (AvgIpc) is 2.30. The zero-order valence-electron chi connectivity index (χ0n) is 12.0. The van der Waals surface area contributed by atoms with E-state index in [0.29, 0.717) is 31.9 Å². The Kier molecular flexibility index (Phi) is 7.62. The predicted octanol–water partition coefficient (Wildman–Crippen LogP) is 6.57. The van der Waals surface area contributed by atoms with Gasteiger partial charge < -0.3 is 0 Å². The molecule has 176 valence electrons. The Balaban J connectivity index is 5.78. The second-order valence-electron chi connectivity index (χ2n) is 4.40. The molecule has 0 fully saturated rings. The molecule has 3 nitrogen and oxygen atoms in total. The molecule has 0 saturated carbocycles. The quantitative estimate of drug-likeness (QED) is 0.208. The van der Waals surface area contributed by atoms with E-state index in [9.17, 15) is 70.2 Å². The fourth-order valence-electron chi connectivity index (χ4n) is 0.836. The molecule has 0 aromatic carbocycles. The van der Waals surface area contributed by atoms with Gasteiger partial charge in [-0.05, 0) is 0 Å². The van der Waals surface area contributed by atoms with Crippen LogP contribution in [-0.4, -0.2) is 46.3 Å². The molecule has 0 saturated heterocycles. The minimum atomic E-state index is -7.38. The highest BCUT2D eigenvalue weighted by Gasteiger charge is 2.77. The third-order valence-electron chi connectivity index (χ3n) is 2.11. The van der Waals surface area contributed by atoms with E-state index >= 15 is 0 Å². The molecule has 0 aliphatic rings. The third-order valence-corrected chi connectivity index (χ3v) is 3.03. The number of alkyl halides is 18. The van der Waals surface area contributed by atoms with Crippen LogP contribution in [0.15, 0.2) is 0 Å². The SMILES string of the molecule is FC(F)(Br)C(F)(F)OC(F)(F)C(F)(F)OC(F)(F)C(F)(F)OC(F)(F)C(F)(F)Br. The molecule has 0 aliphatic carbocycles. The molecule has 0 bridgehead atoms. The molecule has 0 atom stereocenters. The van der Waals surface area contributed by atoms with Crippen molar-refractivity contribution < 1.29 is 84.5 Å². The minimum Gasteiger partial charge on any atom is -0.242 e. The summed E-state index contributed by atoms with van der Waals surface area (Å²) < 4.78 is 207. The molecule has 0 spiro atoms. The van der Waals surface area contributed by atoms with Gasteiger partial charge in [-0.1, -0.05) is 0 Å². The predicted molar refractivity (Wildman–Crippen MR) is 60.7 cm³/mol. The Morgan fingerprint density at radius 3 is 0.586 bits per heavy atom. The van der Waals surface area contributed by atoms with E-state index in [1.807, 2.05) is 0 Å². The summed E-state index contributed by atoms with van der Waals surface area (Å²) in [7, 11) is 0. The zero-order valence-corrected chi connectivity index (χ0v) is 15.2. The number of ether oxygens (including phenoxy) is 3. The van der Waals surface area contributed by atoms with Crippen LogP contribution in [0.5, 0.6) is 0 Å². The van der Waals surface area contributed by atoms with Crippen LogP contribution in [0.1, 0.15) is 0 Å². The summed E-state index contributed by atoms with van der Waals surface area (Å²) in [6.07, 6.45) is -42.5. The summed E-state index contributed by atoms with van der Waals surface area (Å²) in [5.74, 6) is 0. The lowest BCUT2D eigenvalue weighted by atomic mass is 10.5. The van der Waals surface area contributed by atoms with Crippen molar-refractivity contribution in [2.24, 2.45) is 0 Å². The van der Waals surface area contributed by atoms with Gasteiger partial charge in [0.05, 0.1) is 0 Å². The maximum Gasteiger partial charge on any atom is 0.453 e. The fraction of sp³-hybridized carbons (Fsp3) is 1.00. The smallest absolute Gasteiger partial charge is 0.242 e. The second kappa shape index (κ2) is 7.69. The molecule has 0 heterocycles. The number of hydrogen-bond acceptors (Lipinski definition) is 3. The normalized spacial score (nSPS) is 16.3. The van der Waals surface area contributed by atoms with Gasteiger partial charge in [-0.3, -0.25) is 0 Å². The van der Waals surface area contributed by atoms with Crippen molar-refractivity contribution in [1.29, 1.82) is 0 Å². The Morgan fingerprint density at radius 1 is 0.310 bits per heavy atom. The lowest BCUT2D eigenvalue weighted by molar-refractivity contribution is -0.564. The van der Waals surface area contributed by atoms with Crippen molar-refractivity contribution in [3.63, 3.8) is 0 Å². The molecule has 0 aromatic heterocycles. The summed E-state index contributed by atoms with van der Waals surface area (Å²) in [6.45, 7) is 0. The van der Waals surface area contributed by atoms with Crippen LogP contribution in [0.25, 0.3) is 0 Å². The van der Waals surface area contributed by atoms with Gasteiger partial charge in [-0.25, -0.2) is 14.2 Å². The molecular formula is C8Br2F16O3. The van der Waals surface area contributed by atoms with Crippen LogP contribution in [0.4, 0.5) is 70.2 Å². The lowest BCUT2D eigenvalue weighted by Gasteiger charge is -2.35. The van der Waals surface area contributed by atoms with Crippen molar-refractivity contribution in [3.8, 4) is 0 Å². The molecule has 29 heavy (non-hydrogen) atoms. The van der Waals surface area contributed by atoms with Crippen LogP contribution in [0.3, 0.4) is 0 Å². The van der Waals surface area contributed by atoms with Gasteiger partial charge in [-0.2, -0.15) is 70.2 Å². The summed E-state index contributed by atoms with van der Waals surface area (Å²) in [4.78, 5) is -11.7. The molecule has 0 aromatic rings. The van der Waals surface area contributed by atoms with Crippen molar-refractivity contribution >= 4 is 31.9 Å². The van der Waals surface area contributed by atoms with Crippen LogP contribution in [-0.2, 0) is 14.2 Å². The topological polar surface area (TPSA) is 27.7 Å². The second-order valence-corrected chi connectivity index (χ2v) is 6.39. The summed E-state index contributed by atoms with van der Waals surface area (Å²) >= 11 is 1.38. The maximum atomic E-state index is 12.9. The van der Waals surface area contributed by atoms with Crippen molar-refractivity contribution in [1.82, 2.24) is 0 Å². The van der Waals surface area contributed by atoms with Crippen molar-refractivity contribution in [3.05, 3.63) is 0 Å². The van der Waals surface area contributed by atoms with Gasteiger partial charge in [0.25, 0.3) is 0 Å². The van der Waals surface area contributed by atoms with Gasteiger partial charge in [-0.15, -0.1) is 0 Å². The van der Waals surface area contributed by atoms with Crippen LogP contribution >= 0.6 is 31.9 Å². The summed E-state index contributed by atoms with van der Waals surface area (Å²) in [6, 6.07) is 0. The highest BCUT2D eigenvalue weighted by Crippen LogP contribution is 2.52. The van der Waals surface area contributed by atoms with Gasteiger partial charge in [0.1, 0.15) is 0 Å². The van der Waals surface area contributed by atoms with E-state index < -0.39 is 46.3 Å². The molecule has 0 N–H and O–H groups in total. The molecule has 0 unspecified atom stereocenters. The van der Waals surface area contributed by atoms with E-state index in [1.165, 1.54) is 4.74 Å². The zero-order chi connectivity index (χ0) is 24.1. The first-order valence-corrected chi connectivity index (χ1v) is 7.21. The number of hydrogen-bond donors (Lipinski definition) is 0. The van der Waals surface area contributed by atoms with E-state index in [2.05, 4.69) is 0 Å². The van der Waals surface area contributed by atoms with Crippen molar-refractivity contribution in [2.75, 3.05) is 0 Å². The summed E-state index contributed by atoms with van der Waals surface area (Å²) in [5.41, 5.74) is 0. The van der Waals surface area contributed by atoms with Crippen molar-refractivity contribution in [2.45, 2.75) is 46.3 Å². The Bertz CT molecular complexity index is 532. The van der Waals surface area contributed by atoms with E-state index in [-0.39, 0.29) is 0 Å². The van der Waals surface area contributed by atoms with E-state index in [0.717, 1.165) is 0 Å². The summed E-state index contributed by atoms with van der Waals surface area (Å²) in [5, 5.41) is 0. The first-order valence-electron chi connectivity index (χ1n) is 5.63. The molecule has 0 radical (unpaired) electrons. The highest BCUT2D eigenvalue weighted by atomic mass is 79.9. The Morgan fingerprint density at radius 2 is 0.448 bits per heavy atom. The molecule has 0 amide bonds. The molecule has 0 aliphatic heterocycles. The monoisotopic (exact) mass is 606 g/mol. The van der Waals surface area contributed by atoms with E-state index in [1.54, 1.807) is 9.47 Å². The highest BCUT2D eigenvalue weighted by molar-refractivity contribution is 9.10. The molecule has 21 heteroatoms. The molecular weight excluding hydrogens is 608 g/mol. The van der Waals surface area contributed by atoms with Gasteiger partial charge in [0, 0.05) is 31.9 Å². The lowest BCUT2D eigenvalue weighted by Crippen LogP contribution is -2.59. The van der Waals surface area contributed by atoms with E-state index in [4.69, 9.17) is 0 Å². The molecule has 0 rings (SSSR count). The van der Waals surface area contributed by atoms with Crippen LogP contribution in [0.2, 0.25) is 0 Å². The Hall–Kier alpha value is -0.280. The van der Waals surface area contributed by atoms with Gasteiger partial charge >= 0.3 is 46.3 Å². The van der Waals surface area contributed by atoms with Crippen LogP contribution < -0.4 is 0 Å². The Labute approximate surface area is 163 Å². The van der Waals surface area contributed by atoms with Crippen LogP contribution in [0, 0.1) is 0 Å². The first-order chi connectivity index (χ1) is 12.1. The third kappa shape index (κ3) is 6.35. The maximum absolute atomic E-state index is 12.9. The average molecular weight is 608 g/mol. The largest absolute Gasteiger partial charge is 0.453 e. The minimum absolute atomic E-state index is 0.690. The number of halogens is 18. The first kappa shape index (κ1) is 28.7. The fourth-order valence-corrected chi connectivity index (χ4v) is 0.998. The standard InChI is InChI=1S/C8Br2F16O3/c9-1(11,12)3(15,16)27-5(19,20)7(23,24)29-8(25,26)6(21,22)28-4(17,18)2(10,13)14. The number of rotatable bonds is 10. The van der Waals surface area contributed by atoms with Gasteiger partial charge in [0.15, 0.2) is 0 Å².